The Kier molecular flexibility index (Phi) is 5.35. The van der Waals surface area contributed by atoms with Gasteiger partial charge in [0.25, 0.3) is 5.69 Å². The molecule has 6 heteroatoms. The number of non-ortho nitro benzene ring substituents is 1. The van der Waals surface area contributed by atoms with E-state index < -0.39 is 13.2 Å². The number of rotatable bonds is 5. The van der Waals surface area contributed by atoms with Gasteiger partial charge in [-0.25, -0.2) is 0 Å². The van der Waals surface area contributed by atoms with Crippen molar-refractivity contribution < 1.29 is 9.35 Å². The van der Waals surface area contributed by atoms with Crippen LogP contribution >= 0.6 is 11.6 Å². The predicted molar refractivity (Wildman–Crippen MR) is 85.0 cm³/mol. The van der Waals surface area contributed by atoms with E-state index in [1.54, 1.807) is 6.07 Å². The zero-order valence-electron chi connectivity index (χ0n) is 12.7. The monoisotopic (exact) mass is 315 g/mol. The van der Waals surface area contributed by atoms with Crippen LogP contribution in [0.1, 0.15) is 26.3 Å². The Balaban J connectivity index is 2.66. The Morgan fingerprint density at radius 2 is 1.95 bits per heavy atom. The van der Waals surface area contributed by atoms with Gasteiger partial charge in [0.2, 0.25) is 0 Å². The highest BCUT2D eigenvalue weighted by molar-refractivity contribution is 6.74. The molecule has 1 aromatic rings. The molecule has 0 aliphatic rings. The van der Waals surface area contributed by atoms with Gasteiger partial charge in [0.15, 0.2) is 8.32 Å². The average Bonchev–Trinajstić information content (AvgIpc) is 2.29. The fourth-order valence-electron chi connectivity index (χ4n) is 1.49. The third kappa shape index (κ3) is 4.29. The lowest BCUT2D eigenvalue weighted by atomic mass is 10.1. The quantitative estimate of drug-likeness (QED) is 0.445. The van der Waals surface area contributed by atoms with Gasteiger partial charge in [-0.3, -0.25) is 10.1 Å². The molecule has 1 rings (SSSR count). The molecule has 0 radical (unpaired) electrons. The number of nitro benzene ring substituents is 1. The zero-order valence-corrected chi connectivity index (χ0v) is 14.5. The molecule has 0 saturated carbocycles. The van der Waals surface area contributed by atoms with Crippen LogP contribution in [-0.2, 0) is 10.8 Å². The van der Waals surface area contributed by atoms with E-state index in [-0.39, 0.29) is 10.7 Å². The highest BCUT2D eigenvalue weighted by Gasteiger charge is 2.36. The summed E-state index contributed by atoms with van der Waals surface area (Å²) in [6.45, 7) is 11.6. The van der Waals surface area contributed by atoms with Crippen molar-refractivity contribution in [3.63, 3.8) is 0 Å². The average molecular weight is 316 g/mol. The first-order chi connectivity index (χ1) is 9.04. The molecule has 0 aromatic heterocycles. The van der Waals surface area contributed by atoms with Crippen LogP contribution in [0.3, 0.4) is 0 Å². The van der Waals surface area contributed by atoms with E-state index >= 15 is 0 Å². The molecule has 20 heavy (non-hydrogen) atoms. The van der Waals surface area contributed by atoms with Gasteiger partial charge in [0.1, 0.15) is 0 Å². The Labute approximate surface area is 126 Å². The second-order valence-corrected chi connectivity index (χ2v) is 11.6. The molecule has 0 fully saturated rings. The first-order valence-electron chi connectivity index (χ1n) is 6.61. The highest BCUT2D eigenvalue weighted by Crippen LogP contribution is 2.36. The number of nitrogens with zero attached hydrogens (tertiary/aromatic N) is 1. The third-order valence-electron chi connectivity index (χ3n) is 3.89. The maximum absolute atomic E-state index is 10.6. The van der Waals surface area contributed by atoms with Gasteiger partial charge in [-0.1, -0.05) is 38.4 Å². The molecule has 1 aromatic carbocycles. The number of halogens is 1. The van der Waals surface area contributed by atoms with Crippen molar-refractivity contribution in [1.29, 1.82) is 0 Å². The zero-order chi connectivity index (χ0) is 15.6. The van der Waals surface area contributed by atoms with Crippen molar-refractivity contribution in [2.24, 2.45) is 0 Å². The van der Waals surface area contributed by atoms with Crippen molar-refractivity contribution in [2.75, 3.05) is 6.61 Å². The van der Waals surface area contributed by atoms with Crippen molar-refractivity contribution >= 4 is 25.6 Å². The van der Waals surface area contributed by atoms with E-state index in [0.29, 0.717) is 18.1 Å². The molecule has 0 unspecified atom stereocenters. The fraction of sp³-hybridized carbons (Fsp3) is 0.571. The Hall–Kier alpha value is -0.913. The van der Waals surface area contributed by atoms with Gasteiger partial charge in [0, 0.05) is 18.7 Å². The first-order valence-corrected chi connectivity index (χ1v) is 9.90. The van der Waals surface area contributed by atoms with Gasteiger partial charge in [0.05, 0.1) is 9.95 Å². The fourth-order valence-corrected chi connectivity index (χ4v) is 2.80. The lowest BCUT2D eigenvalue weighted by Crippen LogP contribution is -2.41. The lowest BCUT2D eigenvalue weighted by molar-refractivity contribution is -0.384. The number of hydrogen-bond acceptors (Lipinski definition) is 3. The van der Waals surface area contributed by atoms with Crippen molar-refractivity contribution in [3.8, 4) is 0 Å². The molecule has 4 nitrogen and oxygen atoms in total. The van der Waals surface area contributed by atoms with Gasteiger partial charge in [-0.15, -0.1) is 0 Å². The number of benzene rings is 1. The molecule has 0 amide bonds. The summed E-state index contributed by atoms with van der Waals surface area (Å²) in [5.41, 5.74) is 0.903. The summed E-state index contributed by atoms with van der Waals surface area (Å²) in [5.74, 6) is 0. The Bertz CT molecular complexity index is 498. The van der Waals surface area contributed by atoms with Crippen LogP contribution in [0.4, 0.5) is 5.69 Å². The van der Waals surface area contributed by atoms with Crippen LogP contribution in [0.25, 0.3) is 0 Å². The molecular weight excluding hydrogens is 294 g/mol. The van der Waals surface area contributed by atoms with E-state index in [0.717, 1.165) is 5.56 Å². The first kappa shape index (κ1) is 17.1. The van der Waals surface area contributed by atoms with Gasteiger partial charge >= 0.3 is 0 Å². The number of hydrogen-bond donors (Lipinski definition) is 0. The summed E-state index contributed by atoms with van der Waals surface area (Å²) in [5, 5.41) is 11.2. The van der Waals surface area contributed by atoms with E-state index in [9.17, 15) is 10.1 Å². The van der Waals surface area contributed by atoms with Crippen LogP contribution in [-0.4, -0.2) is 19.8 Å². The summed E-state index contributed by atoms with van der Waals surface area (Å²) in [6, 6.07) is 4.58. The summed E-state index contributed by atoms with van der Waals surface area (Å²) >= 11 is 6.06. The van der Waals surface area contributed by atoms with Crippen LogP contribution in [0.5, 0.6) is 0 Å². The van der Waals surface area contributed by atoms with Crippen LogP contribution in [0, 0.1) is 10.1 Å². The molecule has 0 heterocycles. The third-order valence-corrected chi connectivity index (χ3v) is 8.78. The van der Waals surface area contributed by atoms with Crippen LogP contribution in [0.2, 0.25) is 23.2 Å². The molecule has 0 atom stereocenters. The van der Waals surface area contributed by atoms with E-state index in [1.165, 1.54) is 12.1 Å². The molecule has 0 spiro atoms. The smallest absolute Gasteiger partial charge is 0.270 e. The Morgan fingerprint density at radius 3 is 2.40 bits per heavy atom. The van der Waals surface area contributed by atoms with Crippen molar-refractivity contribution in [1.82, 2.24) is 0 Å². The molecule has 0 bridgehead atoms. The normalized spacial score (nSPS) is 12.5. The van der Waals surface area contributed by atoms with Gasteiger partial charge < -0.3 is 4.43 Å². The maximum atomic E-state index is 10.6. The van der Waals surface area contributed by atoms with E-state index in [1.807, 2.05) is 0 Å². The number of nitro groups is 1. The molecular formula is C14H22ClNO3Si. The molecule has 0 aliphatic heterocycles. The minimum Gasteiger partial charge on any atom is -0.416 e. The minimum atomic E-state index is -1.76. The standard InChI is InChI=1S/C14H22ClNO3Si/c1-14(2,3)20(4,5)19-9-8-11-6-7-12(16(17)18)10-13(11)15/h6-7,10H,8-9H2,1-5H3. The highest BCUT2D eigenvalue weighted by atomic mass is 35.5. The molecule has 0 saturated heterocycles. The van der Waals surface area contributed by atoms with Crippen molar-refractivity contribution in [2.45, 2.75) is 45.3 Å². The largest absolute Gasteiger partial charge is 0.416 e. The second-order valence-electron chi connectivity index (χ2n) is 6.39. The molecule has 112 valence electrons. The van der Waals surface area contributed by atoms with Crippen LogP contribution in [0.15, 0.2) is 18.2 Å². The summed E-state index contributed by atoms with van der Waals surface area (Å²) in [7, 11) is -1.76. The molecule has 0 aliphatic carbocycles. The van der Waals surface area contributed by atoms with Gasteiger partial charge in [-0.05, 0) is 30.1 Å². The summed E-state index contributed by atoms with van der Waals surface area (Å²) in [6.07, 6.45) is 0.670. The predicted octanol–water partition coefficient (Wildman–Crippen LogP) is 4.81. The summed E-state index contributed by atoms with van der Waals surface area (Å²) < 4.78 is 6.08. The molecule has 0 N–H and O–H groups in total. The SMILES string of the molecule is CC(C)(C)[Si](C)(C)OCCc1ccc([N+](=O)[O-])cc1Cl. The van der Waals surface area contributed by atoms with E-state index in [2.05, 4.69) is 33.9 Å². The Morgan fingerprint density at radius 1 is 1.35 bits per heavy atom. The van der Waals surface area contributed by atoms with Crippen molar-refractivity contribution in [3.05, 3.63) is 38.9 Å². The van der Waals surface area contributed by atoms with Gasteiger partial charge in [-0.2, -0.15) is 0 Å². The van der Waals surface area contributed by atoms with E-state index in [4.69, 9.17) is 16.0 Å². The topological polar surface area (TPSA) is 52.4 Å². The second kappa shape index (κ2) is 6.24. The lowest BCUT2D eigenvalue weighted by Gasteiger charge is -2.36. The minimum absolute atomic E-state index is 0.0177. The maximum Gasteiger partial charge on any atom is 0.270 e. The summed E-state index contributed by atoms with van der Waals surface area (Å²) in [4.78, 5) is 10.2. The van der Waals surface area contributed by atoms with Crippen LogP contribution < -0.4 is 0 Å².